The Labute approximate surface area is 144 Å². The Morgan fingerprint density at radius 3 is 2.46 bits per heavy atom. The molecule has 9 heteroatoms. The van der Waals surface area contributed by atoms with Crippen molar-refractivity contribution in [2.45, 2.75) is 19.2 Å². The molecule has 0 saturated carbocycles. The number of halogens is 5. The van der Waals surface area contributed by atoms with Crippen LogP contribution in [0.4, 0.5) is 26.7 Å². The van der Waals surface area contributed by atoms with Crippen LogP contribution in [0.5, 0.6) is 0 Å². The van der Waals surface area contributed by atoms with E-state index in [1.807, 2.05) is 5.43 Å². The molecule has 0 bridgehead atoms. The molecule has 1 atom stereocenters. The third-order valence-corrected chi connectivity index (χ3v) is 3.78. The normalized spacial score (nSPS) is 17.4. The molecule has 1 aliphatic rings. The lowest BCUT2D eigenvalue weighted by Gasteiger charge is -2.22. The summed E-state index contributed by atoms with van der Waals surface area (Å²) in [6, 6.07) is 5.33. The smallest absolute Gasteiger partial charge is 0.428 e. The van der Waals surface area contributed by atoms with E-state index < -0.39 is 46.7 Å². The van der Waals surface area contributed by atoms with Crippen LogP contribution in [0.2, 0.25) is 0 Å². The van der Waals surface area contributed by atoms with Crippen molar-refractivity contribution in [3.05, 3.63) is 59.2 Å². The zero-order valence-corrected chi connectivity index (χ0v) is 13.2. The largest absolute Gasteiger partial charge is 0.439 e. The second-order valence-electron chi connectivity index (χ2n) is 5.54. The van der Waals surface area contributed by atoms with Crippen LogP contribution < -0.4 is 5.43 Å². The van der Waals surface area contributed by atoms with Crippen LogP contribution >= 0.6 is 0 Å². The number of ether oxygens (including phenoxy) is 1. The maximum absolute atomic E-state index is 14.0. The lowest BCUT2D eigenvalue weighted by Crippen LogP contribution is -2.37. The zero-order valence-electron chi connectivity index (χ0n) is 13.2. The van der Waals surface area contributed by atoms with Gasteiger partial charge in [0.05, 0.1) is 5.56 Å². The highest BCUT2D eigenvalue weighted by Crippen LogP contribution is 2.39. The number of alkyl halides is 3. The number of benzene rings is 2. The number of amides is 1. The van der Waals surface area contributed by atoms with Crippen LogP contribution in [0.25, 0.3) is 11.1 Å². The second-order valence-corrected chi connectivity index (χ2v) is 5.54. The number of nitrogens with one attached hydrogen (secondary N) is 1. The molecule has 0 aliphatic carbocycles. The molecule has 1 aliphatic heterocycles. The monoisotopic (exact) mass is 370 g/mol. The summed E-state index contributed by atoms with van der Waals surface area (Å²) < 4.78 is 72.8. The van der Waals surface area contributed by atoms with Crippen molar-refractivity contribution in [3.8, 4) is 11.1 Å². The van der Waals surface area contributed by atoms with Crippen molar-refractivity contribution in [2.75, 3.05) is 0 Å². The molecule has 1 N–H and O–H groups in total. The first kappa shape index (κ1) is 17.8. The molecular formula is C17H11F5N2O2. The highest BCUT2D eigenvalue weighted by Gasteiger charge is 2.35. The van der Waals surface area contributed by atoms with Gasteiger partial charge in [0, 0.05) is 11.1 Å². The van der Waals surface area contributed by atoms with Crippen molar-refractivity contribution in [1.82, 2.24) is 5.43 Å². The number of hydrogen-bond acceptors (Lipinski definition) is 3. The van der Waals surface area contributed by atoms with Crippen LogP contribution in [0.15, 0.2) is 41.5 Å². The van der Waals surface area contributed by atoms with Crippen LogP contribution in [-0.4, -0.2) is 17.9 Å². The Kier molecular flexibility index (Phi) is 4.39. The van der Waals surface area contributed by atoms with E-state index in [0.29, 0.717) is 6.07 Å². The lowest BCUT2D eigenvalue weighted by molar-refractivity contribution is -0.137. The van der Waals surface area contributed by atoms with Gasteiger partial charge in [-0.3, -0.25) is 0 Å². The van der Waals surface area contributed by atoms with Gasteiger partial charge < -0.3 is 4.74 Å². The van der Waals surface area contributed by atoms with E-state index in [1.54, 1.807) is 0 Å². The molecule has 136 valence electrons. The number of hydrazone groups is 1. The number of cyclic esters (lactones) is 1. The fourth-order valence-corrected chi connectivity index (χ4v) is 2.62. The van der Waals surface area contributed by atoms with Gasteiger partial charge in [-0.05, 0) is 36.8 Å². The molecule has 0 aromatic heterocycles. The average molecular weight is 370 g/mol. The number of hydrogen-bond donors (Lipinski definition) is 1. The van der Waals surface area contributed by atoms with Gasteiger partial charge in [-0.15, -0.1) is 0 Å². The summed E-state index contributed by atoms with van der Waals surface area (Å²) in [6.45, 7) is 1.45. The molecule has 4 nitrogen and oxygen atoms in total. The molecular weight excluding hydrogens is 359 g/mol. The molecule has 0 fully saturated rings. The topological polar surface area (TPSA) is 50.7 Å². The molecule has 2 aromatic carbocycles. The Hall–Kier alpha value is -2.97. The van der Waals surface area contributed by atoms with Gasteiger partial charge in [0.15, 0.2) is 0 Å². The van der Waals surface area contributed by atoms with Crippen molar-refractivity contribution in [3.63, 3.8) is 0 Å². The number of carbonyl (C=O) groups is 1. The number of carbonyl (C=O) groups excluding carboxylic acids is 1. The van der Waals surface area contributed by atoms with E-state index in [2.05, 4.69) is 5.10 Å². The van der Waals surface area contributed by atoms with E-state index in [0.717, 1.165) is 24.3 Å². The van der Waals surface area contributed by atoms with Crippen molar-refractivity contribution in [1.29, 1.82) is 0 Å². The Morgan fingerprint density at radius 1 is 1.08 bits per heavy atom. The summed E-state index contributed by atoms with van der Waals surface area (Å²) >= 11 is 0. The highest BCUT2D eigenvalue weighted by molar-refractivity contribution is 6.06. The predicted octanol–water partition coefficient (Wildman–Crippen LogP) is 4.48. The van der Waals surface area contributed by atoms with Crippen molar-refractivity contribution < 1.29 is 31.5 Å². The van der Waals surface area contributed by atoms with E-state index in [4.69, 9.17) is 4.74 Å². The maximum Gasteiger partial charge on any atom is 0.428 e. The van der Waals surface area contributed by atoms with E-state index >= 15 is 0 Å². The molecule has 0 spiro atoms. The average Bonchev–Trinajstić information content (AvgIpc) is 2.56. The Balaban J connectivity index is 2.16. The van der Waals surface area contributed by atoms with Crippen LogP contribution in [0.3, 0.4) is 0 Å². The zero-order chi connectivity index (χ0) is 19.1. The van der Waals surface area contributed by atoms with Gasteiger partial charge in [0.25, 0.3) is 0 Å². The lowest BCUT2D eigenvalue weighted by atomic mass is 9.94. The fraction of sp³-hybridized carbons (Fsp3) is 0.176. The van der Waals surface area contributed by atoms with Gasteiger partial charge >= 0.3 is 12.3 Å². The third kappa shape index (κ3) is 3.37. The molecule has 0 radical (unpaired) electrons. The molecule has 0 unspecified atom stereocenters. The third-order valence-electron chi connectivity index (χ3n) is 3.78. The van der Waals surface area contributed by atoms with Crippen molar-refractivity contribution in [2.24, 2.45) is 5.10 Å². The van der Waals surface area contributed by atoms with Gasteiger partial charge in [-0.1, -0.05) is 12.1 Å². The van der Waals surface area contributed by atoms with E-state index in [-0.39, 0.29) is 11.3 Å². The fourth-order valence-electron chi connectivity index (χ4n) is 2.62. The molecule has 3 rings (SSSR count). The second kappa shape index (κ2) is 6.40. The number of rotatable bonds is 2. The van der Waals surface area contributed by atoms with Crippen LogP contribution in [0.1, 0.15) is 18.1 Å². The standard InChI is InChI=1S/C17H11F5N2O2/c1-8-15(23-24-16(25)26-8)9-2-4-11(13(6-9)17(20,21)22)12-7-10(18)3-5-14(12)19/h2-8H,1H3,(H,24,25)/t8-/m0/s1. The first-order chi connectivity index (χ1) is 12.2. The summed E-state index contributed by atoms with van der Waals surface area (Å²) in [5.41, 5.74) is -0.0538. The van der Waals surface area contributed by atoms with E-state index in [1.165, 1.54) is 13.0 Å². The quantitative estimate of drug-likeness (QED) is 0.793. The van der Waals surface area contributed by atoms with Crippen LogP contribution in [-0.2, 0) is 10.9 Å². The minimum absolute atomic E-state index is 0.0328. The van der Waals surface area contributed by atoms with Crippen molar-refractivity contribution >= 4 is 11.8 Å². The van der Waals surface area contributed by atoms with Gasteiger partial charge in [-0.25, -0.2) is 19.0 Å². The summed E-state index contributed by atoms with van der Waals surface area (Å²) in [5, 5.41) is 3.71. The SMILES string of the molecule is C[C@@H]1OC(=O)NN=C1c1ccc(-c2cc(F)ccc2F)c(C(F)(F)F)c1. The minimum atomic E-state index is -4.83. The Bertz CT molecular complexity index is 909. The predicted molar refractivity (Wildman–Crippen MR) is 82.4 cm³/mol. The minimum Gasteiger partial charge on any atom is -0.439 e. The summed E-state index contributed by atoms with van der Waals surface area (Å²) in [6.07, 6.45) is -6.52. The molecule has 1 amide bonds. The van der Waals surface area contributed by atoms with Gasteiger partial charge in [0.1, 0.15) is 23.5 Å². The summed E-state index contributed by atoms with van der Waals surface area (Å²) in [5.74, 6) is -1.84. The molecule has 26 heavy (non-hydrogen) atoms. The molecule has 0 saturated heterocycles. The van der Waals surface area contributed by atoms with Gasteiger partial charge in [0.2, 0.25) is 0 Å². The highest BCUT2D eigenvalue weighted by atomic mass is 19.4. The number of nitrogens with zero attached hydrogens (tertiary/aromatic N) is 1. The van der Waals surface area contributed by atoms with Gasteiger partial charge in [-0.2, -0.15) is 18.3 Å². The first-order valence-corrected chi connectivity index (χ1v) is 7.38. The molecule has 1 heterocycles. The Morgan fingerprint density at radius 2 is 1.81 bits per heavy atom. The molecule has 2 aromatic rings. The summed E-state index contributed by atoms with van der Waals surface area (Å²) in [7, 11) is 0. The van der Waals surface area contributed by atoms with E-state index in [9.17, 15) is 26.7 Å². The van der Waals surface area contributed by atoms with Crippen LogP contribution in [0, 0.1) is 11.6 Å². The first-order valence-electron chi connectivity index (χ1n) is 7.38. The maximum atomic E-state index is 14.0. The summed E-state index contributed by atoms with van der Waals surface area (Å²) in [4.78, 5) is 11.1.